The molecule has 1 atom stereocenters. The summed E-state index contributed by atoms with van der Waals surface area (Å²) in [5.74, 6) is 1.66. The van der Waals surface area contributed by atoms with Crippen LogP contribution in [0.5, 0.6) is 11.5 Å². The quantitative estimate of drug-likeness (QED) is 0.388. The molecular formula is C28H34N3O4S+. The lowest BCUT2D eigenvalue weighted by atomic mass is 9.88. The molecule has 7 nitrogen and oxygen atoms in total. The molecule has 3 heterocycles. The highest BCUT2D eigenvalue weighted by molar-refractivity contribution is 7.79. The number of Topliss-reactive ketones (excluding diaryl/α,β-unsaturated/α-hetero) is 1. The SMILES string of the molecule is CC[N+]1=c2cc3c(cc2CCC1)=Nc1cc2c(cc1O3)N(CCCC(C)=O)C(C)(C)C=C2CS(=O)O. The minimum absolute atomic E-state index is 0.0499. The van der Waals surface area contributed by atoms with E-state index in [1.165, 1.54) is 10.9 Å². The first-order valence-corrected chi connectivity index (χ1v) is 14.0. The molecule has 8 heteroatoms. The van der Waals surface area contributed by atoms with Crippen LogP contribution in [0.2, 0.25) is 0 Å². The smallest absolute Gasteiger partial charge is 0.207 e. The Morgan fingerprint density at radius 1 is 1.25 bits per heavy atom. The maximum Gasteiger partial charge on any atom is 0.207 e. The molecule has 0 radical (unpaired) electrons. The zero-order valence-corrected chi connectivity index (χ0v) is 22.3. The maximum atomic E-state index is 11.8. The molecule has 1 N–H and O–H groups in total. The largest absolute Gasteiger partial charge is 0.452 e. The first kappa shape index (κ1) is 24.8. The average molecular weight is 509 g/mol. The van der Waals surface area contributed by atoms with Crippen LogP contribution < -0.4 is 24.9 Å². The summed E-state index contributed by atoms with van der Waals surface area (Å²) in [7, 11) is 0. The number of benzene rings is 2. The van der Waals surface area contributed by atoms with Crippen molar-refractivity contribution < 1.29 is 18.3 Å². The van der Waals surface area contributed by atoms with Gasteiger partial charge in [-0.25, -0.2) is 13.8 Å². The molecule has 0 bridgehead atoms. The molecule has 5 rings (SSSR count). The van der Waals surface area contributed by atoms with E-state index in [0.29, 0.717) is 18.7 Å². The Kier molecular flexibility index (Phi) is 6.59. The Morgan fingerprint density at radius 3 is 2.78 bits per heavy atom. The molecule has 0 saturated heterocycles. The Labute approximate surface area is 214 Å². The van der Waals surface area contributed by atoms with Gasteiger partial charge in [-0.3, -0.25) is 0 Å². The van der Waals surface area contributed by atoms with E-state index in [9.17, 15) is 13.6 Å². The molecule has 0 spiro atoms. The predicted molar refractivity (Wildman–Crippen MR) is 143 cm³/mol. The van der Waals surface area contributed by atoms with Crippen molar-refractivity contribution in [2.24, 2.45) is 4.99 Å². The number of rotatable bonds is 7. The van der Waals surface area contributed by atoms with Crippen LogP contribution in [0.1, 0.15) is 58.1 Å². The normalized spacial score (nSPS) is 18.1. The van der Waals surface area contributed by atoms with E-state index >= 15 is 0 Å². The van der Waals surface area contributed by atoms with Crippen molar-refractivity contribution in [1.82, 2.24) is 4.58 Å². The van der Waals surface area contributed by atoms with E-state index in [0.717, 1.165) is 66.0 Å². The van der Waals surface area contributed by atoms with Crippen LogP contribution in [0.3, 0.4) is 0 Å². The second-order valence-electron chi connectivity index (χ2n) is 10.4. The summed E-state index contributed by atoms with van der Waals surface area (Å²) < 4.78 is 30.4. The number of hydrogen-bond donors (Lipinski definition) is 1. The minimum atomic E-state index is -1.97. The molecule has 190 valence electrons. The molecule has 2 aromatic rings. The average Bonchev–Trinajstić information content (AvgIpc) is 2.81. The zero-order valence-electron chi connectivity index (χ0n) is 21.5. The van der Waals surface area contributed by atoms with Gasteiger partial charge >= 0.3 is 0 Å². The molecule has 3 aliphatic rings. The third-order valence-corrected chi connectivity index (χ3v) is 7.90. The summed E-state index contributed by atoms with van der Waals surface area (Å²) in [5, 5.41) is 2.05. The van der Waals surface area contributed by atoms with Crippen LogP contribution in [0, 0.1) is 0 Å². The maximum absolute atomic E-state index is 11.8. The summed E-state index contributed by atoms with van der Waals surface area (Å²) in [6.45, 7) is 10.7. The molecular weight excluding hydrogens is 474 g/mol. The molecule has 0 fully saturated rings. The standard InChI is InChI=1S/C28H33N3O4S/c1-5-30-10-7-9-19-12-22-26(14-24(19)30)35-27-15-25-21(13-23(27)29-22)20(17-36(33)34)16-28(3,4)31(25)11-6-8-18(2)32/h12-16H,5-11,17H2,1-4H3/p+1. The number of nitrogens with zero attached hydrogens (tertiary/aromatic N) is 3. The van der Waals surface area contributed by atoms with E-state index < -0.39 is 16.6 Å². The van der Waals surface area contributed by atoms with Crippen molar-refractivity contribution in [3.63, 3.8) is 0 Å². The highest BCUT2D eigenvalue weighted by Gasteiger charge is 2.34. The fourth-order valence-electron chi connectivity index (χ4n) is 5.67. The van der Waals surface area contributed by atoms with Gasteiger partial charge in [0.25, 0.3) is 0 Å². The second-order valence-corrected chi connectivity index (χ2v) is 11.4. The van der Waals surface area contributed by atoms with Gasteiger partial charge in [0.15, 0.2) is 22.6 Å². The highest BCUT2D eigenvalue weighted by atomic mass is 32.2. The third kappa shape index (κ3) is 4.64. The number of carbonyl (C=O) groups is 1. The van der Waals surface area contributed by atoms with Gasteiger partial charge in [-0.05, 0) is 58.2 Å². The summed E-state index contributed by atoms with van der Waals surface area (Å²) in [5.41, 5.74) is 4.29. The van der Waals surface area contributed by atoms with Gasteiger partial charge in [0.05, 0.1) is 17.4 Å². The number of hydrogen-bond acceptors (Lipinski definition) is 5. The fraction of sp³-hybridized carbons (Fsp3) is 0.464. The Balaban J connectivity index is 1.64. The number of carbonyl (C=O) groups excluding carboxylic acids is 1. The lowest BCUT2D eigenvalue weighted by molar-refractivity contribution is -0.117. The Hall–Kier alpha value is -2.84. The van der Waals surface area contributed by atoms with Gasteiger partial charge < -0.3 is 19.0 Å². The van der Waals surface area contributed by atoms with Crippen LogP contribution in [-0.4, -0.2) is 45.5 Å². The number of aryl methyl sites for hydroxylation is 1. The first-order valence-electron chi connectivity index (χ1n) is 12.7. The van der Waals surface area contributed by atoms with E-state index in [-0.39, 0.29) is 11.5 Å². The van der Waals surface area contributed by atoms with Crippen LogP contribution in [0.25, 0.3) is 5.57 Å². The topological polar surface area (TPSA) is 82.2 Å². The number of ether oxygens (including phenoxy) is 1. The molecule has 0 saturated carbocycles. The van der Waals surface area contributed by atoms with Gasteiger partial charge in [0.2, 0.25) is 5.36 Å². The van der Waals surface area contributed by atoms with Crippen LogP contribution in [0.4, 0.5) is 11.4 Å². The minimum Gasteiger partial charge on any atom is -0.452 e. The van der Waals surface area contributed by atoms with Crippen LogP contribution >= 0.6 is 0 Å². The summed E-state index contributed by atoms with van der Waals surface area (Å²) in [6, 6.07) is 8.26. The van der Waals surface area contributed by atoms with Crippen LogP contribution in [-0.2, 0) is 22.3 Å². The van der Waals surface area contributed by atoms with Crippen molar-refractivity contribution in [3.8, 4) is 11.5 Å². The third-order valence-electron chi connectivity index (χ3n) is 7.34. The van der Waals surface area contributed by atoms with E-state index in [2.05, 4.69) is 48.5 Å². The molecule has 1 unspecified atom stereocenters. The number of ketones is 1. The van der Waals surface area contributed by atoms with E-state index in [4.69, 9.17) is 9.73 Å². The Bertz CT molecular complexity index is 1430. The van der Waals surface area contributed by atoms with Gasteiger partial charge in [-0.15, -0.1) is 0 Å². The Morgan fingerprint density at radius 2 is 2.06 bits per heavy atom. The van der Waals surface area contributed by atoms with Crippen molar-refractivity contribution in [2.45, 2.75) is 58.9 Å². The van der Waals surface area contributed by atoms with Crippen molar-refractivity contribution in [3.05, 3.63) is 52.2 Å². The van der Waals surface area contributed by atoms with Gasteiger partial charge in [-0.2, -0.15) is 0 Å². The van der Waals surface area contributed by atoms with E-state index in [1.54, 1.807) is 6.92 Å². The summed E-state index contributed by atoms with van der Waals surface area (Å²) in [4.78, 5) is 18.8. The predicted octanol–water partition coefficient (Wildman–Crippen LogP) is 3.77. The first-order chi connectivity index (χ1) is 17.2. The lowest BCUT2D eigenvalue weighted by Crippen LogP contribution is -2.46. The van der Waals surface area contributed by atoms with Gasteiger partial charge in [0, 0.05) is 42.3 Å². The molecule has 3 aliphatic heterocycles. The number of anilines is 1. The van der Waals surface area contributed by atoms with Crippen molar-refractivity contribution in [2.75, 3.05) is 30.3 Å². The monoisotopic (exact) mass is 508 g/mol. The van der Waals surface area contributed by atoms with Gasteiger partial charge in [0.1, 0.15) is 29.9 Å². The molecule has 36 heavy (non-hydrogen) atoms. The zero-order chi connectivity index (χ0) is 25.6. The second kappa shape index (κ2) is 9.56. The van der Waals surface area contributed by atoms with Crippen LogP contribution in [0.15, 0.2) is 35.3 Å². The molecule has 0 amide bonds. The molecule has 2 aromatic carbocycles. The highest BCUT2D eigenvalue weighted by Crippen LogP contribution is 2.46. The van der Waals surface area contributed by atoms with Crippen molar-refractivity contribution in [1.29, 1.82) is 0 Å². The number of fused-ring (bicyclic) bond motifs is 4. The molecule has 0 aliphatic carbocycles. The summed E-state index contributed by atoms with van der Waals surface area (Å²) in [6.07, 6.45) is 5.48. The summed E-state index contributed by atoms with van der Waals surface area (Å²) >= 11 is -1.97. The van der Waals surface area contributed by atoms with Gasteiger partial charge in [-0.1, -0.05) is 6.08 Å². The van der Waals surface area contributed by atoms with E-state index in [1.807, 2.05) is 12.1 Å². The molecule has 0 aromatic heterocycles. The van der Waals surface area contributed by atoms with Crippen molar-refractivity contribution >= 4 is 33.8 Å². The fourth-order valence-corrected chi connectivity index (χ4v) is 6.17. The lowest BCUT2D eigenvalue weighted by Gasteiger charge is -2.44.